The molecule has 1 aromatic rings. The van der Waals surface area contributed by atoms with Crippen molar-refractivity contribution in [1.29, 1.82) is 0 Å². The zero-order chi connectivity index (χ0) is 17.8. The molecule has 1 aliphatic rings. The molecule has 2 rings (SSSR count). The van der Waals surface area contributed by atoms with E-state index < -0.39 is 5.60 Å². The van der Waals surface area contributed by atoms with Gasteiger partial charge in [0.25, 0.3) is 0 Å². The summed E-state index contributed by atoms with van der Waals surface area (Å²) in [5.41, 5.74) is 6.92. The molecule has 1 aliphatic heterocycles. The Morgan fingerprint density at radius 3 is 2.50 bits per heavy atom. The van der Waals surface area contributed by atoms with Crippen LogP contribution in [0.5, 0.6) is 5.75 Å². The predicted octanol–water partition coefficient (Wildman–Crippen LogP) is 3.21. The van der Waals surface area contributed by atoms with E-state index in [2.05, 4.69) is 12.1 Å². The van der Waals surface area contributed by atoms with Gasteiger partial charge in [0.2, 0.25) is 0 Å². The minimum Gasteiger partial charge on any atom is -0.497 e. The van der Waals surface area contributed by atoms with Gasteiger partial charge < -0.3 is 20.1 Å². The molecule has 2 N–H and O–H groups in total. The minimum absolute atomic E-state index is 0.0326. The fourth-order valence-corrected chi connectivity index (χ4v) is 3.16. The molecule has 24 heavy (non-hydrogen) atoms. The van der Waals surface area contributed by atoms with E-state index in [1.165, 1.54) is 5.56 Å². The highest BCUT2D eigenvalue weighted by atomic mass is 16.6. The molecule has 1 saturated heterocycles. The van der Waals surface area contributed by atoms with Crippen molar-refractivity contribution in [3.8, 4) is 5.75 Å². The van der Waals surface area contributed by atoms with Gasteiger partial charge in [-0.15, -0.1) is 0 Å². The number of likely N-dealkylation sites (tertiary alicyclic amines) is 1. The number of carbonyl (C=O) groups excluding carboxylic acids is 1. The molecule has 1 heterocycles. The maximum Gasteiger partial charge on any atom is 0.410 e. The van der Waals surface area contributed by atoms with Crippen LogP contribution in [0.1, 0.15) is 39.2 Å². The number of methoxy groups -OCH3 is 1. The van der Waals surface area contributed by atoms with Gasteiger partial charge in [-0.05, 0) is 69.7 Å². The molecule has 0 aromatic heterocycles. The van der Waals surface area contributed by atoms with E-state index in [0.717, 1.165) is 25.0 Å². The fraction of sp³-hybridized carbons (Fsp3) is 0.632. The number of hydrogen-bond acceptors (Lipinski definition) is 4. The second kappa shape index (κ2) is 7.43. The van der Waals surface area contributed by atoms with E-state index in [-0.39, 0.29) is 11.5 Å². The Bertz CT molecular complexity index is 558. The predicted molar refractivity (Wildman–Crippen MR) is 95.2 cm³/mol. The molecule has 0 saturated carbocycles. The molecule has 0 bridgehead atoms. The first kappa shape index (κ1) is 18.6. The smallest absolute Gasteiger partial charge is 0.410 e. The van der Waals surface area contributed by atoms with Crippen molar-refractivity contribution in [3.05, 3.63) is 29.8 Å². The summed E-state index contributed by atoms with van der Waals surface area (Å²) in [5, 5.41) is 0. The number of carbonyl (C=O) groups is 1. The zero-order valence-corrected chi connectivity index (χ0v) is 15.3. The number of piperidine rings is 1. The van der Waals surface area contributed by atoms with Crippen molar-refractivity contribution in [1.82, 2.24) is 4.90 Å². The first-order valence-corrected chi connectivity index (χ1v) is 8.58. The molecule has 0 atom stereocenters. The van der Waals surface area contributed by atoms with Gasteiger partial charge in [-0.3, -0.25) is 0 Å². The van der Waals surface area contributed by atoms with E-state index in [1.807, 2.05) is 32.9 Å². The van der Waals surface area contributed by atoms with Crippen molar-refractivity contribution in [2.75, 3.05) is 26.7 Å². The Balaban J connectivity index is 1.99. The molecule has 5 heteroatoms. The zero-order valence-electron chi connectivity index (χ0n) is 15.3. The summed E-state index contributed by atoms with van der Waals surface area (Å²) in [4.78, 5) is 14.0. The van der Waals surface area contributed by atoms with Crippen LogP contribution in [-0.4, -0.2) is 43.3 Å². The summed E-state index contributed by atoms with van der Waals surface area (Å²) < 4.78 is 10.8. The molecule has 1 fully saturated rings. The quantitative estimate of drug-likeness (QED) is 0.918. The molecule has 1 aromatic carbocycles. The van der Waals surface area contributed by atoms with E-state index >= 15 is 0 Å². The highest BCUT2D eigenvalue weighted by Crippen LogP contribution is 2.35. The molecular weight excluding hydrogens is 304 g/mol. The molecule has 5 nitrogen and oxygen atoms in total. The van der Waals surface area contributed by atoms with Crippen LogP contribution >= 0.6 is 0 Å². The van der Waals surface area contributed by atoms with Crippen molar-refractivity contribution < 1.29 is 14.3 Å². The molecule has 0 radical (unpaired) electrons. The van der Waals surface area contributed by atoms with Gasteiger partial charge in [0.1, 0.15) is 11.4 Å². The van der Waals surface area contributed by atoms with Crippen molar-refractivity contribution in [2.45, 2.75) is 45.6 Å². The number of nitrogens with two attached hydrogens (primary N) is 1. The van der Waals surface area contributed by atoms with Crippen molar-refractivity contribution in [3.63, 3.8) is 0 Å². The summed E-state index contributed by atoms with van der Waals surface area (Å²) in [5.74, 6) is 0.867. The molecule has 1 amide bonds. The molecule has 0 spiro atoms. The number of rotatable bonds is 4. The maximum atomic E-state index is 12.2. The average molecular weight is 334 g/mol. The lowest BCUT2D eigenvalue weighted by molar-refractivity contribution is 0.0109. The van der Waals surface area contributed by atoms with Crippen LogP contribution in [0.3, 0.4) is 0 Å². The number of benzene rings is 1. The van der Waals surface area contributed by atoms with Gasteiger partial charge >= 0.3 is 6.09 Å². The first-order chi connectivity index (χ1) is 11.3. The summed E-state index contributed by atoms with van der Waals surface area (Å²) in [6, 6.07) is 8.13. The van der Waals surface area contributed by atoms with E-state index in [9.17, 15) is 4.79 Å². The van der Waals surface area contributed by atoms with E-state index in [0.29, 0.717) is 19.6 Å². The lowest BCUT2D eigenvalue weighted by atomic mass is 9.74. The van der Waals surface area contributed by atoms with Crippen LogP contribution in [0, 0.1) is 5.41 Å². The summed E-state index contributed by atoms with van der Waals surface area (Å²) in [7, 11) is 1.68. The van der Waals surface area contributed by atoms with Gasteiger partial charge in [0, 0.05) is 13.1 Å². The highest BCUT2D eigenvalue weighted by molar-refractivity contribution is 5.68. The summed E-state index contributed by atoms with van der Waals surface area (Å²) in [6.07, 6.45) is 2.46. The second-order valence-electron chi connectivity index (χ2n) is 7.70. The van der Waals surface area contributed by atoms with Gasteiger partial charge in [-0.25, -0.2) is 4.79 Å². The largest absolute Gasteiger partial charge is 0.497 e. The van der Waals surface area contributed by atoms with Crippen LogP contribution < -0.4 is 10.5 Å². The topological polar surface area (TPSA) is 64.8 Å². The van der Waals surface area contributed by atoms with Gasteiger partial charge in [0.15, 0.2) is 0 Å². The minimum atomic E-state index is -0.458. The average Bonchev–Trinajstić information content (AvgIpc) is 2.54. The van der Waals surface area contributed by atoms with Crippen LogP contribution in [0.4, 0.5) is 4.79 Å². The lowest BCUT2D eigenvalue weighted by Crippen LogP contribution is -2.48. The third kappa shape index (κ3) is 4.87. The van der Waals surface area contributed by atoms with E-state index in [1.54, 1.807) is 12.0 Å². The van der Waals surface area contributed by atoms with Gasteiger partial charge in [-0.1, -0.05) is 12.1 Å². The van der Waals surface area contributed by atoms with Crippen molar-refractivity contribution >= 4 is 6.09 Å². The van der Waals surface area contributed by atoms with Gasteiger partial charge in [-0.2, -0.15) is 0 Å². The Hall–Kier alpha value is -1.75. The molecule has 0 unspecified atom stereocenters. The molecule has 134 valence electrons. The van der Waals surface area contributed by atoms with Crippen LogP contribution in [-0.2, 0) is 11.2 Å². The van der Waals surface area contributed by atoms with Crippen LogP contribution in [0.25, 0.3) is 0 Å². The Morgan fingerprint density at radius 1 is 1.29 bits per heavy atom. The molecule has 0 aliphatic carbocycles. The summed E-state index contributed by atoms with van der Waals surface area (Å²) in [6.45, 7) is 7.67. The summed E-state index contributed by atoms with van der Waals surface area (Å²) >= 11 is 0. The van der Waals surface area contributed by atoms with E-state index in [4.69, 9.17) is 15.2 Å². The third-order valence-electron chi connectivity index (χ3n) is 4.62. The fourth-order valence-electron chi connectivity index (χ4n) is 3.16. The van der Waals surface area contributed by atoms with Gasteiger partial charge in [0.05, 0.1) is 7.11 Å². The number of amides is 1. The monoisotopic (exact) mass is 334 g/mol. The number of ether oxygens (including phenoxy) is 2. The first-order valence-electron chi connectivity index (χ1n) is 8.58. The van der Waals surface area contributed by atoms with Crippen LogP contribution in [0.15, 0.2) is 24.3 Å². The Labute approximate surface area is 145 Å². The Morgan fingerprint density at radius 2 is 1.96 bits per heavy atom. The standard InChI is InChI=1S/C19H30N2O3/c1-18(2,3)24-17(22)21-10-8-19(14-20,9-11-21)13-15-6-5-7-16(12-15)23-4/h5-7,12H,8-11,13-14,20H2,1-4H3. The van der Waals surface area contributed by atoms with Crippen LogP contribution in [0.2, 0.25) is 0 Å². The third-order valence-corrected chi connectivity index (χ3v) is 4.62. The number of nitrogens with zero attached hydrogens (tertiary/aromatic N) is 1. The highest BCUT2D eigenvalue weighted by Gasteiger charge is 2.36. The second-order valence-corrected chi connectivity index (χ2v) is 7.70. The Kier molecular flexibility index (Phi) is 5.75. The molecular formula is C19H30N2O3. The SMILES string of the molecule is COc1cccc(CC2(CN)CCN(C(=O)OC(C)(C)C)CC2)c1. The van der Waals surface area contributed by atoms with Crippen molar-refractivity contribution in [2.24, 2.45) is 11.1 Å². The number of hydrogen-bond donors (Lipinski definition) is 1. The maximum absolute atomic E-state index is 12.2. The normalized spacial score (nSPS) is 17.5. The lowest BCUT2D eigenvalue weighted by Gasteiger charge is -2.41.